The van der Waals surface area contributed by atoms with E-state index in [1.54, 1.807) is 0 Å². The first kappa shape index (κ1) is 5.44. The minimum absolute atomic E-state index is 0.222. The molecular formula is C5H6O3. The van der Waals surface area contributed by atoms with Crippen LogP contribution in [0.2, 0.25) is 0 Å². The Morgan fingerprint density at radius 1 is 1.50 bits per heavy atom. The van der Waals surface area contributed by atoms with E-state index < -0.39 is 17.7 Å². The first-order valence-corrected chi connectivity index (χ1v) is 2.47. The quantitative estimate of drug-likeness (QED) is 0.423. The molecule has 1 N–H and O–H groups in total. The Balaban J connectivity index is 2.71. The molecule has 3 nitrogen and oxygen atoms in total. The van der Waals surface area contributed by atoms with E-state index in [0.29, 0.717) is 6.42 Å². The Hall–Kier alpha value is -0.700. The van der Waals surface area contributed by atoms with E-state index in [4.69, 9.17) is 5.11 Å². The van der Waals surface area contributed by atoms with Crippen LogP contribution in [0.25, 0.3) is 0 Å². The Labute approximate surface area is 46.3 Å². The van der Waals surface area contributed by atoms with Crippen molar-refractivity contribution in [2.24, 2.45) is 0 Å². The van der Waals surface area contributed by atoms with E-state index >= 15 is 0 Å². The van der Waals surface area contributed by atoms with Gasteiger partial charge in [0.25, 0.3) is 0 Å². The molecule has 0 radical (unpaired) electrons. The maximum absolute atomic E-state index is 10.3. The molecule has 0 heterocycles. The van der Waals surface area contributed by atoms with Crippen LogP contribution in [0.15, 0.2) is 0 Å². The van der Waals surface area contributed by atoms with Crippen LogP contribution in [0.1, 0.15) is 12.8 Å². The van der Waals surface area contributed by atoms with Gasteiger partial charge in [0, 0.05) is 6.42 Å². The number of aliphatic hydroxyl groups is 1. The molecule has 0 aromatic carbocycles. The molecule has 1 rings (SSSR count). The highest BCUT2D eigenvalue weighted by Gasteiger charge is 2.29. The molecule has 0 spiro atoms. The normalized spacial score (nSPS) is 29.4. The van der Waals surface area contributed by atoms with Gasteiger partial charge < -0.3 is 5.11 Å². The third-order valence-electron chi connectivity index (χ3n) is 1.22. The summed E-state index contributed by atoms with van der Waals surface area (Å²) >= 11 is 0. The van der Waals surface area contributed by atoms with E-state index in [0.717, 1.165) is 0 Å². The second-order valence-corrected chi connectivity index (χ2v) is 1.84. The molecule has 0 amide bonds. The van der Waals surface area contributed by atoms with Crippen molar-refractivity contribution in [2.75, 3.05) is 0 Å². The molecule has 0 aliphatic heterocycles. The van der Waals surface area contributed by atoms with Crippen LogP contribution in [0.5, 0.6) is 0 Å². The number of aliphatic hydroxyl groups excluding tert-OH is 1. The van der Waals surface area contributed by atoms with Crippen LogP contribution in [0, 0.1) is 0 Å². The zero-order chi connectivity index (χ0) is 6.15. The summed E-state index contributed by atoms with van der Waals surface area (Å²) in [5, 5.41) is 8.60. The van der Waals surface area contributed by atoms with Crippen LogP contribution < -0.4 is 0 Å². The molecule has 44 valence electrons. The van der Waals surface area contributed by atoms with Crippen molar-refractivity contribution < 1.29 is 14.7 Å². The Morgan fingerprint density at radius 2 is 2.12 bits per heavy atom. The maximum atomic E-state index is 10.3. The van der Waals surface area contributed by atoms with Gasteiger partial charge in [-0.2, -0.15) is 0 Å². The van der Waals surface area contributed by atoms with E-state index in [2.05, 4.69) is 0 Å². The van der Waals surface area contributed by atoms with Gasteiger partial charge in [0.1, 0.15) is 6.10 Å². The van der Waals surface area contributed by atoms with Gasteiger partial charge in [-0.15, -0.1) is 0 Å². The molecule has 0 aromatic rings. The highest BCUT2D eigenvalue weighted by atomic mass is 16.3. The second-order valence-electron chi connectivity index (χ2n) is 1.84. The van der Waals surface area contributed by atoms with Crippen LogP contribution in [0.4, 0.5) is 0 Å². The number of rotatable bonds is 0. The van der Waals surface area contributed by atoms with E-state index in [1.807, 2.05) is 0 Å². The van der Waals surface area contributed by atoms with Crippen LogP contribution in [0.3, 0.4) is 0 Å². The molecule has 1 atom stereocenters. The standard InChI is InChI=1S/C5H6O3/c6-3-1-2-4(7)5(3)8/h3,6H,1-2H2/t3-/m1/s1. The smallest absolute Gasteiger partial charge is 0.226 e. The van der Waals surface area contributed by atoms with E-state index in [9.17, 15) is 9.59 Å². The second kappa shape index (κ2) is 1.67. The summed E-state index contributed by atoms with van der Waals surface area (Å²) in [6.45, 7) is 0. The van der Waals surface area contributed by atoms with E-state index in [1.165, 1.54) is 0 Å². The van der Waals surface area contributed by atoms with Gasteiger partial charge in [0.15, 0.2) is 0 Å². The van der Waals surface area contributed by atoms with Crippen molar-refractivity contribution >= 4 is 11.6 Å². The largest absolute Gasteiger partial charge is 0.385 e. The number of Topliss-reactive ketones (excluding diaryl/α,β-unsaturated/α-hetero) is 2. The lowest BCUT2D eigenvalue weighted by atomic mass is 10.3. The molecule has 0 bridgehead atoms. The summed E-state index contributed by atoms with van der Waals surface area (Å²) in [6.07, 6.45) is -0.458. The molecule has 3 heteroatoms. The maximum Gasteiger partial charge on any atom is 0.226 e. The Kier molecular flexibility index (Phi) is 1.13. The fraction of sp³-hybridized carbons (Fsp3) is 0.600. The third kappa shape index (κ3) is 0.648. The van der Waals surface area contributed by atoms with Gasteiger partial charge >= 0.3 is 0 Å². The topological polar surface area (TPSA) is 54.4 Å². The summed E-state index contributed by atoms with van der Waals surface area (Å²) in [5.74, 6) is -1.05. The minimum Gasteiger partial charge on any atom is -0.385 e. The Morgan fingerprint density at radius 3 is 2.25 bits per heavy atom. The van der Waals surface area contributed by atoms with Crippen molar-refractivity contribution in [3.05, 3.63) is 0 Å². The predicted octanol–water partition coefficient (Wildman–Crippen LogP) is -0.721. The van der Waals surface area contributed by atoms with Gasteiger partial charge in [0.05, 0.1) is 0 Å². The zero-order valence-corrected chi connectivity index (χ0v) is 4.26. The van der Waals surface area contributed by atoms with Crippen LogP contribution >= 0.6 is 0 Å². The van der Waals surface area contributed by atoms with Crippen LogP contribution in [-0.2, 0) is 9.59 Å². The first-order chi connectivity index (χ1) is 3.72. The summed E-state index contributed by atoms with van der Waals surface area (Å²) in [6, 6.07) is 0. The molecule has 1 fully saturated rings. The molecule has 8 heavy (non-hydrogen) atoms. The average molecular weight is 114 g/mol. The third-order valence-corrected chi connectivity index (χ3v) is 1.22. The summed E-state index contributed by atoms with van der Waals surface area (Å²) < 4.78 is 0. The fourth-order valence-electron chi connectivity index (χ4n) is 0.708. The summed E-state index contributed by atoms with van der Waals surface area (Å²) in [5.41, 5.74) is 0. The number of ketones is 2. The van der Waals surface area contributed by atoms with Crippen molar-refractivity contribution in [1.29, 1.82) is 0 Å². The molecule has 1 aliphatic carbocycles. The van der Waals surface area contributed by atoms with E-state index in [-0.39, 0.29) is 6.42 Å². The molecule has 0 aromatic heterocycles. The SMILES string of the molecule is O=C1CC[C@@H](O)C1=O. The summed E-state index contributed by atoms with van der Waals surface area (Å²) in [4.78, 5) is 20.6. The molecule has 0 saturated heterocycles. The molecule has 0 unspecified atom stereocenters. The average Bonchev–Trinajstić information content (AvgIpc) is 1.98. The molecule has 1 saturated carbocycles. The lowest BCUT2D eigenvalue weighted by molar-refractivity contribution is -0.137. The zero-order valence-electron chi connectivity index (χ0n) is 4.26. The highest BCUT2D eigenvalue weighted by molar-refractivity contribution is 6.40. The van der Waals surface area contributed by atoms with Gasteiger partial charge in [-0.3, -0.25) is 9.59 Å². The van der Waals surface area contributed by atoms with Gasteiger partial charge in [-0.05, 0) is 6.42 Å². The van der Waals surface area contributed by atoms with Gasteiger partial charge in [0.2, 0.25) is 11.6 Å². The van der Waals surface area contributed by atoms with Crippen molar-refractivity contribution in [2.45, 2.75) is 18.9 Å². The lowest BCUT2D eigenvalue weighted by Gasteiger charge is -1.89. The van der Waals surface area contributed by atoms with Gasteiger partial charge in [-0.25, -0.2) is 0 Å². The summed E-state index contributed by atoms with van der Waals surface area (Å²) in [7, 11) is 0. The molecule has 1 aliphatic rings. The lowest BCUT2D eigenvalue weighted by Crippen LogP contribution is -2.17. The Bertz CT molecular complexity index is 139. The molecular weight excluding hydrogens is 108 g/mol. The monoisotopic (exact) mass is 114 g/mol. The highest BCUT2D eigenvalue weighted by Crippen LogP contribution is 2.09. The van der Waals surface area contributed by atoms with Crippen molar-refractivity contribution in [3.8, 4) is 0 Å². The van der Waals surface area contributed by atoms with Crippen molar-refractivity contribution in [1.82, 2.24) is 0 Å². The van der Waals surface area contributed by atoms with Gasteiger partial charge in [-0.1, -0.05) is 0 Å². The van der Waals surface area contributed by atoms with Crippen LogP contribution in [-0.4, -0.2) is 22.8 Å². The van der Waals surface area contributed by atoms with Crippen molar-refractivity contribution in [3.63, 3.8) is 0 Å². The fourth-order valence-corrected chi connectivity index (χ4v) is 0.708. The predicted molar refractivity (Wildman–Crippen MR) is 25.3 cm³/mol. The number of carbonyl (C=O) groups excluding carboxylic acids is 2. The number of hydrogen-bond acceptors (Lipinski definition) is 3. The first-order valence-electron chi connectivity index (χ1n) is 2.47. The number of hydrogen-bond donors (Lipinski definition) is 1. The number of carbonyl (C=O) groups is 2. The minimum atomic E-state index is -0.998.